The summed E-state index contributed by atoms with van der Waals surface area (Å²) in [6.07, 6.45) is 3.83. The fourth-order valence-corrected chi connectivity index (χ4v) is 1.80. The number of esters is 1. The molecule has 0 heterocycles. The van der Waals surface area contributed by atoms with E-state index in [1.807, 2.05) is 24.3 Å². The Hall–Kier alpha value is -2.75. The van der Waals surface area contributed by atoms with Crippen LogP contribution in [0, 0.1) is 0 Å². The Morgan fingerprint density at radius 2 is 1.67 bits per heavy atom. The van der Waals surface area contributed by atoms with Crippen LogP contribution in [0.3, 0.4) is 0 Å². The minimum Gasteiger partial charge on any atom is -0.504 e. The van der Waals surface area contributed by atoms with Gasteiger partial charge in [-0.05, 0) is 35.4 Å². The van der Waals surface area contributed by atoms with Gasteiger partial charge in [-0.2, -0.15) is 0 Å². The predicted octanol–water partition coefficient (Wildman–Crippen LogP) is 3.50. The highest BCUT2D eigenvalue weighted by Crippen LogP contribution is 2.27. The van der Waals surface area contributed by atoms with Crippen molar-refractivity contribution in [3.8, 4) is 17.2 Å². The summed E-state index contributed by atoms with van der Waals surface area (Å²) in [5.74, 6) is 0.725. The summed E-state index contributed by atoms with van der Waals surface area (Å²) in [6, 6.07) is 12.3. The molecule has 2 rings (SSSR count). The Kier molecular flexibility index (Phi) is 4.61. The second-order valence-corrected chi connectivity index (χ2v) is 4.43. The summed E-state index contributed by atoms with van der Waals surface area (Å²) >= 11 is 0. The number of phenolic OH excluding ortho intramolecular Hbond substituents is 1. The summed E-state index contributed by atoms with van der Waals surface area (Å²) in [5.41, 5.74) is 1.88. The van der Waals surface area contributed by atoms with Crippen LogP contribution >= 0.6 is 0 Å². The van der Waals surface area contributed by atoms with Gasteiger partial charge in [0, 0.05) is 6.92 Å². The molecule has 0 aliphatic heterocycles. The maximum absolute atomic E-state index is 10.8. The van der Waals surface area contributed by atoms with Gasteiger partial charge in [0.15, 0.2) is 11.5 Å². The number of hydrogen-bond acceptors (Lipinski definition) is 4. The van der Waals surface area contributed by atoms with Crippen molar-refractivity contribution in [1.29, 1.82) is 0 Å². The van der Waals surface area contributed by atoms with Crippen molar-refractivity contribution < 1.29 is 19.4 Å². The van der Waals surface area contributed by atoms with E-state index in [2.05, 4.69) is 0 Å². The molecule has 0 unspecified atom stereocenters. The summed E-state index contributed by atoms with van der Waals surface area (Å²) in [5, 5.41) is 9.53. The lowest BCUT2D eigenvalue weighted by atomic mass is 10.1. The van der Waals surface area contributed by atoms with Gasteiger partial charge >= 0.3 is 5.97 Å². The van der Waals surface area contributed by atoms with E-state index in [9.17, 15) is 9.90 Å². The van der Waals surface area contributed by atoms with Crippen molar-refractivity contribution in [1.82, 2.24) is 0 Å². The van der Waals surface area contributed by atoms with Crippen LogP contribution in [-0.4, -0.2) is 18.2 Å². The molecule has 4 nitrogen and oxygen atoms in total. The van der Waals surface area contributed by atoms with Gasteiger partial charge in [-0.3, -0.25) is 4.79 Å². The van der Waals surface area contributed by atoms with Crippen LogP contribution in [0.5, 0.6) is 17.2 Å². The van der Waals surface area contributed by atoms with Crippen molar-refractivity contribution in [2.24, 2.45) is 0 Å². The van der Waals surface area contributed by atoms with E-state index < -0.39 is 0 Å². The van der Waals surface area contributed by atoms with Crippen LogP contribution in [0.1, 0.15) is 18.1 Å². The first-order valence-corrected chi connectivity index (χ1v) is 6.42. The second kappa shape index (κ2) is 6.61. The number of aromatic hydroxyl groups is 1. The minimum atomic E-state index is -0.338. The van der Waals surface area contributed by atoms with Gasteiger partial charge in [0.1, 0.15) is 5.75 Å². The highest BCUT2D eigenvalue weighted by molar-refractivity contribution is 5.72. The standard InChI is InChI=1S/C17H16O4/c1-12(18)21-15-8-5-13(6-9-15)3-4-14-7-10-16(19)17(11-14)20-2/h3-11,19H,1-2H3. The molecule has 2 aromatic rings. The average Bonchev–Trinajstić information content (AvgIpc) is 2.47. The SMILES string of the molecule is COc1cc(C=Cc2ccc(OC(C)=O)cc2)ccc1O. The van der Waals surface area contributed by atoms with Gasteiger partial charge in [-0.15, -0.1) is 0 Å². The summed E-state index contributed by atoms with van der Waals surface area (Å²) in [7, 11) is 1.51. The van der Waals surface area contributed by atoms with Crippen LogP contribution in [0.4, 0.5) is 0 Å². The third-order valence-electron chi connectivity index (χ3n) is 2.81. The monoisotopic (exact) mass is 284 g/mol. The molecule has 0 fully saturated rings. The molecular formula is C17H16O4. The Labute approximate surface area is 123 Å². The molecular weight excluding hydrogens is 268 g/mol. The van der Waals surface area contributed by atoms with Crippen LogP contribution in [0.15, 0.2) is 42.5 Å². The fraction of sp³-hybridized carbons (Fsp3) is 0.118. The normalized spacial score (nSPS) is 10.6. The maximum Gasteiger partial charge on any atom is 0.308 e. The molecule has 4 heteroatoms. The number of carbonyl (C=O) groups is 1. The lowest BCUT2D eigenvalue weighted by Crippen LogP contribution is -2.00. The van der Waals surface area contributed by atoms with Crippen molar-refractivity contribution >= 4 is 18.1 Å². The largest absolute Gasteiger partial charge is 0.504 e. The molecule has 0 spiro atoms. The Bertz CT molecular complexity index is 657. The van der Waals surface area contributed by atoms with E-state index in [1.54, 1.807) is 30.3 Å². The van der Waals surface area contributed by atoms with Crippen molar-refractivity contribution in [3.05, 3.63) is 53.6 Å². The molecule has 108 valence electrons. The molecule has 0 saturated carbocycles. The van der Waals surface area contributed by atoms with Gasteiger partial charge in [-0.1, -0.05) is 30.4 Å². The highest BCUT2D eigenvalue weighted by atomic mass is 16.5. The topological polar surface area (TPSA) is 55.8 Å². The van der Waals surface area contributed by atoms with E-state index in [0.29, 0.717) is 11.5 Å². The number of hydrogen-bond donors (Lipinski definition) is 1. The van der Waals surface area contributed by atoms with Gasteiger partial charge in [0.2, 0.25) is 0 Å². The molecule has 0 saturated heterocycles. The maximum atomic E-state index is 10.8. The molecule has 0 amide bonds. The van der Waals surface area contributed by atoms with Gasteiger partial charge in [0.25, 0.3) is 0 Å². The Balaban J connectivity index is 2.12. The van der Waals surface area contributed by atoms with Gasteiger partial charge < -0.3 is 14.6 Å². The van der Waals surface area contributed by atoms with E-state index in [0.717, 1.165) is 11.1 Å². The van der Waals surface area contributed by atoms with Crippen molar-refractivity contribution in [3.63, 3.8) is 0 Å². The number of benzene rings is 2. The van der Waals surface area contributed by atoms with E-state index in [4.69, 9.17) is 9.47 Å². The van der Waals surface area contributed by atoms with Gasteiger partial charge in [0.05, 0.1) is 7.11 Å². The predicted molar refractivity (Wildman–Crippen MR) is 81.3 cm³/mol. The average molecular weight is 284 g/mol. The number of methoxy groups -OCH3 is 1. The molecule has 0 radical (unpaired) electrons. The quantitative estimate of drug-likeness (QED) is 0.530. The molecule has 0 atom stereocenters. The van der Waals surface area contributed by atoms with Crippen LogP contribution < -0.4 is 9.47 Å². The van der Waals surface area contributed by atoms with Crippen LogP contribution in [0.2, 0.25) is 0 Å². The minimum absolute atomic E-state index is 0.111. The zero-order valence-corrected chi connectivity index (χ0v) is 11.9. The molecule has 1 N–H and O–H groups in total. The Morgan fingerprint density at radius 3 is 2.29 bits per heavy atom. The fourth-order valence-electron chi connectivity index (χ4n) is 1.80. The second-order valence-electron chi connectivity index (χ2n) is 4.43. The molecule has 0 aliphatic carbocycles. The molecule has 0 bridgehead atoms. The van der Waals surface area contributed by atoms with E-state index in [1.165, 1.54) is 14.0 Å². The molecule has 21 heavy (non-hydrogen) atoms. The molecule has 2 aromatic carbocycles. The summed E-state index contributed by atoms with van der Waals surface area (Å²) in [4.78, 5) is 10.8. The van der Waals surface area contributed by atoms with Gasteiger partial charge in [-0.25, -0.2) is 0 Å². The number of rotatable bonds is 4. The number of phenols is 1. The third kappa shape index (κ3) is 4.11. The first-order valence-electron chi connectivity index (χ1n) is 6.42. The highest BCUT2D eigenvalue weighted by Gasteiger charge is 2.00. The lowest BCUT2D eigenvalue weighted by molar-refractivity contribution is -0.131. The smallest absolute Gasteiger partial charge is 0.308 e. The zero-order valence-electron chi connectivity index (χ0n) is 11.9. The van der Waals surface area contributed by atoms with Crippen LogP contribution in [0.25, 0.3) is 12.2 Å². The molecule has 0 aromatic heterocycles. The van der Waals surface area contributed by atoms with Crippen molar-refractivity contribution in [2.45, 2.75) is 6.92 Å². The summed E-state index contributed by atoms with van der Waals surface area (Å²) in [6.45, 7) is 1.37. The number of carbonyl (C=O) groups excluding carboxylic acids is 1. The number of ether oxygens (including phenoxy) is 2. The zero-order chi connectivity index (χ0) is 15.2. The van der Waals surface area contributed by atoms with Crippen LogP contribution in [-0.2, 0) is 4.79 Å². The van der Waals surface area contributed by atoms with E-state index in [-0.39, 0.29) is 11.7 Å². The van der Waals surface area contributed by atoms with Crippen molar-refractivity contribution in [2.75, 3.05) is 7.11 Å². The first-order chi connectivity index (χ1) is 10.1. The Morgan fingerprint density at radius 1 is 1.05 bits per heavy atom. The summed E-state index contributed by atoms with van der Waals surface area (Å²) < 4.78 is 10.0. The third-order valence-corrected chi connectivity index (χ3v) is 2.81. The molecule has 0 aliphatic rings. The first kappa shape index (κ1) is 14.7. The van der Waals surface area contributed by atoms with E-state index >= 15 is 0 Å². The lowest BCUT2D eigenvalue weighted by Gasteiger charge is -2.04.